The fourth-order valence-electron chi connectivity index (χ4n) is 3.60. The van der Waals surface area contributed by atoms with Gasteiger partial charge in [-0.3, -0.25) is 4.79 Å². The van der Waals surface area contributed by atoms with Gasteiger partial charge in [0.05, 0.1) is 17.2 Å². The molecule has 5 nitrogen and oxygen atoms in total. The summed E-state index contributed by atoms with van der Waals surface area (Å²) in [7, 11) is 0. The third-order valence-electron chi connectivity index (χ3n) is 4.97. The second-order valence-electron chi connectivity index (χ2n) is 5.95. The number of H-pyrrole nitrogens is 1. The molecule has 1 aliphatic carbocycles. The van der Waals surface area contributed by atoms with E-state index in [1.54, 1.807) is 12.3 Å². The van der Waals surface area contributed by atoms with Crippen molar-refractivity contribution in [1.82, 2.24) is 9.88 Å². The number of nitrogens with zero attached hydrogens (tertiary/aromatic N) is 1. The van der Waals surface area contributed by atoms with E-state index in [2.05, 4.69) is 4.98 Å². The van der Waals surface area contributed by atoms with Gasteiger partial charge in [-0.15, -0.1) is 0 Å². The zero-order valence-electron chi connectivity index (χ0n) is 12.1. The van der Waals surface area contributed by atoms with Crippen LogP contribution in [-0.2, 0) is 4.74 Å². The number of nitrogens with one attached hydrogen (secondary N) is 1. The zero-order chi connectivity index (χ0) is 15.0. The van der Waals surface area contributed by atoms with Crippen molar-refractivity contribution in [3.05, 3.63) is 23.0 Å². The molecule has 2 fully saturated rings. The number of amides is 1. The summed E-state index contributed by atoms with van der Waals surface area (Å²) in [5, 5.41) is 10.7. The first-order valence-electron chi connectivity index (χ1n) is 7.49. The number of carbonyl (C=O) groups is 1. The van der Waals surface area contributed by atoms with E-state index in [0.717, 1.165) is 12.8 Å². The van der Waals surface area contributed by atoms with Gasteiger partial charge < -0.3 is 19.7 Å². The van der Waals surface area contributed by atoms with Gasteiger partial charge in [0.2, 0.25) is 0 Å². The Balaban J connectivity index is 1.63. The normalized spacial score (nSPS) is 27.7. The van der Waals surface area contributed by atoms with Crippen molar-refractivity contribution in [3.8, 4) is 0 Å². The van der Waals surface area contributed by atoms with Gasteiger partial charge in [-0.25, -0.2) is 0 Å². The molecule has 1 saturated carbocycles. The predicted molar refractivity (Wildman–Crippen MR) is 79.4 cm³/mol. The molecule has 116 valence electrons. The fourth-order valence-corrected chi connectivity index (χ4v) is 3.77. The molecule has 2 N–H and O–H groups in total. The minimum absolute atomic E-state index is 0.0291. The fraction of sp³-hybridized carbons (Fsp3) is 0.667. The summed E-state index contributed by atoms with van der Waals surface area (Å²) < 4.78 is 5.74. The van der Waals surface area contributed by atoms with Crippen molar-refractivity contribution in [2.45, 2.75) is 38.4 Å². The highest BCUT2D eigenvalue weighted by molar-refractivity contribution is 6.30. The van der Waals surface area contributed by atoms with Gasteiger partial charge in [-0.1, -0.05) is 11.6 Å². The first kappa shape index (κ1) is 14.9. The lowest BCUT2D eigenvalue weighted by Gasteiger charge is -2.56. The Hall–Kier alpha value is -1.04. The van der Waals surface area contributed by atoms with E-state index in [0.29, 0.717) is 36.8 Å². The smallest absolute Gasteiger partial charge is 0.270 e. The van der Waals surface area contributed by atoms with Crippen LogP contribution in [0.1, 0.15) is 36.7 Å². The topological polar surface area (TPSA) is 65.6 Å². The maximum Gasteiger partial charge on any atom is 0.270 e. The van der Waals surface area contributed by atoms with Crippen LogP contribution in [0.5, 0.6) is 0 Å². The molecule has 3 rings (SSSR count). The van der Waals surface area contributed by atoms with E-state index in [-0.39, 0.29) is 23.5 Å². The van der Waals surface area contributed by atoms with Gasteiger partial charge in [-0.2, -0.15) is 0 Å². The highest BCUT2D eigenvalue weighted by Gasteiger charge is 2.56. The molecular weight excluding hydrogens is 292 g/mol. The molecule has 0 radical (unpaired) electrons. The number of halogens is 1. The monoisotopic (exact) mass is 312 g/mol. The number of hydrogen-bond acceptors (Lipinski definition) is 3. The lowest BCUT2D eigenvalue weighted by Crippen LogP contribution is -2.62. The number of hydrogen-bond donors (Lipinski definition) is 2. The van der Waals surface area contributed by atoms with Crippen LogP contribution < -0.4 is 0 Å². The molecule has 6 heteroatoms. The van der Waals surface area contributed by atoms with Crippen molar-refractivity contribution in [3.63, 3.8) is 0 Å². The van der Waals surface area contributed by atoms with E-state index in [1.807, 2.05) is 11.8 Å². The highest BCUT2D eigenvalue weighted by atomic mass is 35.5. The van der Waals surface area contributed by atoms with Crippen molar-refractivity contribution in [2.75, 3.05) is 19.7 Å². The lowest BCUT2D eigenvalue weighted by atomic mass is 9.58. The number of ether oxygens (including phenoxy) is 1. The van der Waals surface area contributed by atoms with Crippen LogP contribution >= 0.6 is 11.6 Å². The lowest BCUT2D eigenvalue weighted by molar-refractivity contribution is -0.207. The van der Waals surface area contributed by atoms with Crippen molar-refractivity contribution >= 4 is 17.5 Å². The molecule has 1 aliphatic heterocycles. The third-order valence-corrected chi connectivity index (χ3v) is 5.19. The molecular formula is C15H21ClN2O3. The van der Waals surface area contributed by atoms with E-state index in [1.165, 1.54) is 0 Å². The van der Waals surface area contributed by atoms with Crippen LogP contribution in [0.15, 0.2) is 12.3 Å². The Labute approximate surface area is 129 Å². The van der Waals surface area contributed by atoms with Gasteiger partial charge in [0.25, 0.3) is 5.91 Å². The molecule has 0 aromatic carbocycles. The summed E-state index contributed by atoms with van der Waals surface area (Å²) in [6.07, 6.45) is 3.74. The van der Waals surface area contributed by atoms with Gasteiger partial charge in [0, 0.05) is 37.7 Å². The van der Waals surface area contributed by atoms with Crippen molar-refractivity contribution < 1.29 is 14.6 Å². The third kappa shape index (κ3) is 2.47. The molecule has 21 heavy (non-hydrogen) atoms. The second-order valence-corrected chi connectivity index (χ2v) is 6.39. The van der Waals surface area contributed by atoms with Crippen LogP contribution in [0, 0.1) is 5.41 Å². The van der Waals surface area contributed by atoms with Gasteiger partial charge in [-0.05, 0) is 25.8 Å². The average Bonchev–Trinajstić information content (AvgIpc) is 2.93. The van der Waals surface area contributed by atoms with Crippen LogP contribution in [0.4, 0.5) is 0 Å². The Bertz CT molecular complexity index is 521. The maximum atomic E-state index is 12.4. The Morgan fingerprint density at radius 1 is 1.57 bits per heavy atom. The van der Waals surface area contributed by atoms with Crippen molar-refractivity contribution in [2.24, 2.45) is 5.41 Å². The summed E-state index contributed by atoms with van der Waals surface area (Å²) in [6.45, 7) is 3.95. The number of aromatic nitrogens is 1. The molecule has 1 saturated heterocycles. The Morgan fingerprint density at radius 3 is 2.81 bits per heavy atom. The second kappa shape index (κ2) is 5.63. The summed E-state index contributed by atoms with van der Waals surface area (Å²) in [6, 6.07) is 1.65. The average molecular weight is 313 g/mol. The Morgan fingerprint density at radius 2 is 2.29 bits per heavy atom. The highest BCUT2D eigenvalue weighted by Crippen LogP contribution is 2.51. The van der Waals surface area contributed by atoms with E-state index in [9.17, 15) is 9.90 Å². The minimum Gasteiger partial charge on any atom is -0.392 e. The van der Waals surface area contributed by atoms with Crippen LogP contribution in [0.25, 0.3) is 0 Å². The molecule has 0 bridgehead atoms. The van der Waals surface area contributed by atoms with Crippen molar-refractivity contribution in [1.29, 1.82) is 0 Å². The van der Waals surface area contributed by atoms with E-state index >= 15 is 0 Å². The molecule has 2 atom stereocenters. The standard InChI is InChI=1S/C15H21ClN2O3/c1-2-21-13-8-12(19)15(13)3-5-18(6-4-15)14(20)11-7-10(16)9-17-11/h7,9,12-13,17,19H,2-6,8H2,1H3/t12-,13-/m0/s1. The van der Waals surface area contributed by atoms with E-state index < -0.39 is 0 Å². The van der Waals surface area contributed by atoms with Crippen LogP contribution in [0.2, 0.25) is 5.02 Å². The summed E-state index contributed by atoms with van der Waals surface area (Å²) in [5.41, 5.74) is 0.367. The molecule has 2 aliphatic rings. The zero-order valence-corrected chi connectivity index (χ0v) is 12.9. The number of aromatic amines is 1. The largest absolute Gasteiger partial charge is 0.392 e. The minimum atomic E-state index is -0.300. The number of aliphatic hydroxyl groups excluding tert-OH is 1. The van der Waals surface area contributed by atoms with Crippen LogP contribution in [0.3, 0.4) is 0 Å². The maximum absolute atomic E-state index is 12.4. The van der Waals surface area contributed by atoms with Gasteiger partial charge in [0.15, 0.2) is 0 Å². The number of rotatable bonds is 3. The van der Waals surface area contributed by atoms with E-state index in [4.69, 9.17) is 16.3 Å². The molecule has 2 heterocycles. The predicted octanol–water partition coefficient (Wildman–Crippen LogP) is 2.06. The molecule has 0 unspecified atom stereocenters. The SMILES string of the molecule is CCO[C@H]1C[C@H](O)C12CCN(C(=O)c1cc(Cl)c[nH]1)CC2. The number of carbonyl (C=O) groups excluding carboxylic acids is 1. The van der Waals surface area contributed by atoms with Crippen LogP contribution in [-0.4, -0.2) is 52.8 Å². The quantitative estimate of drug-likeness (QED) is 0.898. The number of aliphatic hydroxyl groups is 1. The summed E-state index contributed by atoms with van der Waals surface area (Å²) >= 11 is 5.84. The first-order chi connectivity index (χ1) is 10.1. The molecule has 1 aromatic heterocycles. The molecule has 1 amide bonds. The first-order valence-corrected chi connectivity index (χ1v) is 7.87. The number of likely N-dealkylation sites (tertiary alicyclic amines) is 1. The van der Waals surface area contributed by atoms with Gasteiger partial charge >= 0.3 is 0 Å². The summed E-state index contributed by atoms with van der Waals surface area (Å²) in [4.78, 5) is 17.1. The molecule has 1 aromatic rings. The summed E-state index contributed by atoms with van der Waals surface area (Å²) in [5.74, 6) is -0.0291. The number of piperidine rings is 1. The van der Waals surface area contributed by atoms with Gasteiger partial charge in [0.1, 0.15) is 5.69 Å². The molecule has 1 spiro atoms. The Kier molecular flexibility index (Phi) is 3.99.